The molecule has 0 heterocycles. The van der Waals surface area contributed by atoms with Crippen LogP contribution in [-0.4, -0.2) is 6.04 Å². The molecule has 1 aromatic carbocycles. The van der Waals surface area contributed by atoms with Crippen LogP contribution in [0.2, 0.25) is 0 Å². The first-order chi connectivity index (χ1) is 9.47. The lowest BCUT2D eigenvalue weighted by Crippen LogP contribution is -2.31. The first kappa shape index (κ1) is 15.6. The fraction of sp³-hybridized carbons (Fsp3) is 0.684. The predicted molar refractivity (Wildman–Crippen MR) is 88.2 cm³/mol. The molecule has 1 N–H and O–H groups in total. The van der Waals surface area contributed by atoms with E-state index in [0.29, 0.717) is 12.1 Å². The minimum Gasteiger partial charge on any atom is -0.307 e. The van der Waals surface area contributed by atoms with E-state index in [1.807, 2.05) is 0 Å². The summed E-state index contributed by atoms with van der Waals surface area (Å²) in [7, 11) is 0. The Morgan fingerprint density at radius 1 is 0.950 bits per heavy atom. The van der Waals surface area contributed by atoms with Crippen LogP contribution in [0.4, 0.5) is 0 Å². The highest BCUT2D eigenvalue weighted by Crippen LogP contribution is 2.26. The first-order valence-electron chi connectivity index (χ1n) is 8.31. The molecule has 0 saturated heterocycles. The van der Waals surface area contributed by atoms with E-state index >= 15 is 0 Å². The van der Waals surface area contributed by atoms with E-state index in [4.69, 9.17) is 0 Å². The summed E-state index contributed by atoms with van der Waals surface area (Å²) >= 11 is 0. The van der Waals surface area contributed by atoms with E-state index in [0.717, 1.165) is 5.92 Å². The highest BCUT2D eigenvalue weighted by atomic mass is 14.9. The quantitative estimate of drug-likeness (QED) is 0.743. The van der Waals surface area contributed by atoms with E-state index in [1.54, 1.807) is 0 Å². The zero-order chi connectivity index (χ0) is 14.7. The molecule has 112 valence electrons. The van der Waals surface area contributed by atoms with Gasteiger partial charge in [0, 0.05) is 12.1 Å². The minimum absolute atomic E-state index is 0.465. The lowest BCUT2D eigenvalue weighted by Gasteiger charge is -2.24. The van der Waals surface area contributed by atoms with Gasteiger partial charge in [-0.3, -0.25) is 0 Å². The maximum absolute atomic E-state index is 3.88. The number of nitrogens with one attached hydrogen (secondary N) is 1. The highest BCUT2D eigenvalue weighted by molar-refractivity contribution is 5.38. The van der Waals surface area contributed by atoms with E-state index in [9.17, 15) is 0 Å². The molecule has 0 amide bonds. The smallest absolute Gasteiger partial charge is 0.0297 e. The fourth-order valence-corrected chi connectivity index (χ4v) is 3.55. The van der Waals surface area contributed by atoms with Crippen LogP contribution in [0.1, 0.15) is 74.2 Å². The van der Waals surface area contributed by atoms with Crippen molar-refractivity contribution < 1.29 is 0 Å². The molecule has 1 nitrogen and oxygen atoms in total. The van der Waals surface area contributed by atoms with Gasteiger partial charge in [-0.1, -0.05) is 31.9 Å². The van der Waals surface area contributed by atoms with E-state index in [1.165, 1.54) is 54.4 Å². The van der Waals surface area contributed by atoms with Gasteiger partial charge in [0.1, 0.15) is 0 Å². The molecule has 0 aliphatic heterocycles. The van der Waals surface area contributed by atoms with Crippen LogP contribution in [0.15, 0.2) is 12.1 Å². The normalized spacial score (nSPS) is 25.2. The van der Waals surface area contributed by atoms with Crippen molar-refractivity contribution in [2.75, 3.05) is 0 Å². The molecule has 0 bridgehead atoms. The van der Waals surface area contributed by atoms with Crippen molar-refractivity contribution in [2.24, 2.45) is 5.92 Å². The standard InChI is InChI=1S/C19H31N/c1-13-7-6-8-18(10-9-13)20-17(5)19-12-15(3)14(2)11-16(19)4/h11-13,17-18,20H,6-10H2,1-5H3. The second kappa shape index (κ2) is 6.76. The van der Waals surface area contributed by atoms with Crippen molar-refractivity contribution in [3.05, 3.63) is 34.4 Å². The summed E-state index contributed by atoms with van der Waals surface area (Å²) in [4.78, 5) is 0. The van der Waals surface area contributed by atoms with Crippen molar-refractivity contribution in [3.8, 4) is 0 Å². The molecule has 1 aliphatic carbocycles. The largest absolute Gasteiger partial charge is 0.307 e. The van der Waals surface area contributed by atoms with Gasteiger partial charge in [-0.2, -0.15) is 0 Å². The number of benzene rings is 1. The van der Waals surface area contributed by atoms with E-state index < -0.39 is 0 Å². The average molecular weight is 273 g/mol. The number of hydrogen-bond acceptors (Lipinski definition) is 1. The molecular weight excluding hydrogens is 242 g/mol. The van der Waals surface area contributed by atoms with Gasteiger partial charge in [-0.05, 0) is 75.1 Å². The Balaban J connectivity index is 2.04. The highest BCUT2D eigenvalue weighted by Gasteiger charge is 2.19. The van der Waals surface area contributed by atoms with Gasteiger partial charge < -0.3 is 5.32 Å². The van der Waals surface area contributed by atoms with Crippen molar-refractivity contribution in [1.29, 1.82) is 0 Å². The van der Waals surface area contributed by atoms with Crippen molar-refractivity contribution in [3.63, 3.8) is 0 Å². The SMILES string of the molecule is Cc1cc(C)c(C(C)NC2CCCC(C)CC2)cc1C. The molecule has 20 heavy (non-hydrogen) atoms. The second-order valence-corrected chi connectivity index (χ2v) is 6.99. The number of rotatable bonds is 3. The Morgan fingerprint density at radius 3 is 2.40 bits per heavy atom. The van der Waals surface area contributed by atoms with Crippen LogP contribution in [0.25, 0.3) is 0 Å². The topological polar surface area (TPSA) is 12.0 Å². The van der Waals surface area contributed by atoms with Gasteiger partial charge in [0.05, 0.1) is 0 Å². The monoisotopic (exact) mass is 273 g/mol. The molecule has 1 heteroatoms. The summed E-state index contributed by atoms with van der Waals surface area (Å²) in [6, 6.07) is 5.88. The number of aryl methyl sites for hydroxylation is 3. The Bertz CT molecular complexity index is 449. The third-order valence-corrected chi connectivity index (χ3v) is 5.09. The first-order valence-corrected chi connectivity index (χ1v) is 8.31. The molecular formula is C19H31N. The summed E-state index contributed by atoms with van der Waals surface area (Å²) in [5.41, 5.74) is 5.72. The van der Waals surface area contributed by atoms with Crippen LogP contribution < -0.4 is 5.32 Å². The van der Waals surface area contributed by atoms with Gasteiger partial charge in [0.25, 0.3) is 0 Å². The molecule has 0 spiro atoms. The van der Waals surface area contributed by atoms with Gasteiger partial charge in [-0.15, -0.1) is 0 Å². The van der Waals surface area contributed by atoms with Crippen molar-refractivity contribution in [2.45, 2.75) is 78.8 Å². The minimum atomic E-state index is 0.465. The molecule has 2 rings (SSSR count). The molecule has 0 aromatic heterocycles. The Labute approximate surface area is 125 Å². The van der Waals surface area contributed by atoms with E-state index in [2.05, 4.69) is 52.1 Å². The van der Waals surface area contributed by atoms with Crippen LogP contribution >= 0.6 is 0 Å². The average Bonchev–Trinajstić information content (AvgIpc) is 2.59. The Morgan fingerprint density at radius 2 is 1.65 bits per heavy atom. The Hall–Kier alpha value is -0.820. The molecule has 3 unspecified atom stereocenters. The lowest BCUT2D eigenvalue weighted by molar-refractivity contribution is 0.407. The van der Waals surface area contributed by atoms with Crippen molar-refractivity contribution in [1.82, 2.24) is 5.32 Å². The van der Waals surface area contributed by atoms with Gasteiger partial charge in [-0.25, -0.2) is 0 Å². The Kier molecular flexibility index (Phi) is 5.26. The summed E-state index contributed by atoms with van der Waals surface area (Å²) in [5.74, 6) is 0.917. The van der Waals surface area contributed by atoms with Crippen LogP contribution in [0.5, 0.6) is 0 Å². The third-order valence-electron chi connectivity index (χ3n) is 5.09. The molecule has 0 radical (unpaired) electrons. The number of hydrogen-bond donors (Lipinski definition) is 1. The summed E-state index contributed by atoms with van der Waals surface area (Å²) < 4.78 is 0. The molecule has 3 atom stereocenters. The lowest BCUT2D eigenvalue weighted by atomic mass is 9.95. The molecule has 1 saturated carbocycles. The van der Waals surface area contributed by atoms with Crippen LogP contribution in [-0.2, 0) is 0 Å². The van der Waals surface area contributed by atoms with E-state index in [-0.39, 0.29) is 0 Å². The van der Waals surface area contributed by atoms with Gasteiger partial charge >= 0.3 is 0 Å². The summed E-state index contributed by atoms with van der Waals surface area (Å²) in [6.07, 6.45) is 6.87. The maximum Gasteiger partial charge on any atom is 0.0297 e. The predicted octanol–water partition coefficient (Wildman–Crippen LogP) is 5.23. The zero-order valence-electron chi connectivity index (χ0n) is 13.9. The summed E-state index contributed by atoms with van der Waals surface area (Å²) in [5, 5.41) is 3.88. The van der Waals surface area contributed by atoms with Crippen LogP contribution in [0.3, 0.4) is 0 Å². The van der Waals surface area contributed by atoms with Crippen LogP contribution in [0, 0.1) is 26.7 Å². The molecule has 1 aliphatic rings. The third kappa shape index (κ3) is 3.85. The van der Waals surface area contributed by atoms with Gasteiger partial charge in [0.2, 0.25) is 0 Å². The van der Waals surface area contributed by atoms with Gasteiger partial charge in [0.15, 0.2) is 0 Å². The second-order valence-electron chi connectivity index (χ2n) is 6.99. The zero-order valence-corrected chi connectivity index (χ0v) is 13.9. The summed E-state index contributed by atoms with van der Waals surface area (Å²) in [6.45, 7) is 11.4. The van der Waals surface area contributed by atoms with Crippen molar-refractivity contribution >= 4 is 0 Å². The molecule has 1 fully saturated rings. The fourth-order valence-electron chi connectivity index (χ4n) is 3.55. The maximum atomic E-state index is 3.88. The molecule has 1 aromatic rings.